The molecule has 0 saturated heterocycles. The van der Waals surface area contributed by atoms with Gasteiger partial charge in [0.1, 0.15) is 18.5 Å². The van der Waals surface area contributed by atoms with E-state index in [-0.39, 0.29) is 12.3 Å². The minimum Gasteiger partial charge on any atom is -0.491 e. The number of nitrogens with zero attached hydrogens (tertiary/aromatic N) is 3. The number of rotatable bonds is 12. The minimum atomic E-state index is -0.776. The molecular formula is C25H36N4O3. The first-order valence-corrected chi connectivity index (χ1v) is 11.4. The van der Waals surface area contributed by atoms with Crippen molar-refractivity contribution < 1.29 is 9.84 Å². The maximum absolute atomic E-state index is 12.1. The van der Waals surface area contributed by atoms with Crippen LogP contribution < -0.4 is 15.7 Å². The molecule has 174 valence electrons. The number of hydrogen-bond donors (Lipinski definition) is 2. The molecule has 0 fully saturated rings. The number of fused-ring (bicyclic) bond motifs is 1. The van der Waals surface area contributed by atoms with Crippen molar-refractivity contribution in [3.8, 4) is 5.75 Å². The summed E-state index contributed by atoms with van der Waals surface area (Å²) in [4.78, 5) is 14.5. The fourth-order valence-corrected chi connectivity index (χ4v) is 3.91. The highest BCUT2D eigenvalue weighted by Crippen LogP contribution is 2.21. The molecule has 0 aliphatic rings. The molecule has 3 rings (SSSR count). The van der Waals surface area contributed by atoms with E-state index in [0.29, 0.717) is 0 Å². The monoisotopic (exact) mass is 440 g/mol. The normalized spacial score (nSPS) is 12.6. The van der Waals surface area contributed by atoms with E-state index >= 15 is 0 Å². The Hall–Kier alpha value is -2.61. The van der Waals surface area contributed by atoms with Gasteiger partial charge in [0.15, 0.2) is 0 Å². The summed E-state index contributed by atoms with van der Waals surface area (Å²) in [6.45, 7) is 9.71. The van der Waals surface area contributed by atoms with E-state index in [9.17, 15) is 9.90 Å². The lowest BCUT2D eigenvalue weighted by Crippen LogP contribution is -2.27. The first kappa shape index (κ1) is 24.0. The number of aromatic nitrogens is 2. The molecule has 2 N–H and O–H groups in total. The minimum absolute atomic E-state index is 0.0821. The number of aliphatic hydroxyl groups excluding tert-OH is 1. The molecule has 1 unspecified atom stereocenters. The molecule has 7 nitrogen and oxygen atoms in total. The van der Waals surface area contributed by atoms with Gasteiger partial charge in [-0.2, -0.15) is 0 Å². The molecule has 2 aromatic carbocycles. The topological polar surface area (TPSA) is 71.7 Å². The van der Waals surface area contributed by atoms with E-state index < -0.39 is 6.10 Å². The number of aryl methyl sites for hydroxylation is 2. The zero-order valence-corrected chi connectivity index (χ0v) is 19.7. The van der Waals surface area contributed by atoms with Crippen LogP contribution in [-0.4, -0.2) is 51.9 Å². The van der Waals surface area contributed by atoms with Crippen LogP contribution in [0, 0.1) is 0 Å². The first-order chi connectivity index (χ1) is 15.4. The Balaban J connectivity index is 1.47. The van der Waals surface area contributed by atoms with Crippen LogP contribution in [0.5, 0.6) is 5.75 Å². The van der Waals surface area contributed by atoms with Gasteiger partial charge in [0.05, 0.1) is 11.0 Å². The molecule has 0 spiro atoms. The fraction of sp³-hybridized carbons (Fsp3) is 0.480. The Morgan fingerprint density at radius 3 is 2.41 bits per heavy atom. The summed E-state index contributed by atoms with van der Waals surface area (Å²) in [6, 6.07) is 13.5. The molecule has 0 radical (unpaired) electrons. The summed E-state index contributed by atoms with van der Waals surface area (Å²) in [7, 11) is 3.48. The average Bonchev–Trinajstić information content (AvgIpc) is 3.04. The van der Waals surface area contributed by atoms with Gasteiger partial charge in [0.25, 0.3) is 0 Å². The lowest BCUT2D eigenvalue weighted by atomic mass is 10.1. The van der Waals surface area contributed by atoms with E-state index in [1.165, 1.54) is 5.56 Å². The van der Waals surface area contributed by atoms with Crippen molar-refractivity contribution in [2.75, 3.05) is 32.8 Å². The maximum Gasteiger partial charge on any atom is 0.328 e. The van der Waals surface area contributed by atoms with Crippen molar-refractivity contribution in [3.63, 3.8) is 0 Å². The van der Waals surface area contributed by atoms with E-state index in [0.717, 1.165) is 61.5 Å². The molecule has 0 amide bonds. The molecular weight excluding hydrogens is 404 g/mol. The zero-order valence-electron chi connectivity index (χ0n) is 19.7. The molecule has 1 atom stereocenters. The van der Waals surface area contributed by atoms with Gasteiger partial charge in [-0.3, -0.25) is 9.13 Å². The highest BCUT2D eigenvalue weighted by Gasteiger charge is 2.13. The highest BCUT2D eigenvalue weighted by molar-refractivity contribution is 5.76. The standard InChI is InChI=1S/C25H36N4O3/c1-5-29(6-2)15-7-14-26-17-19-8-11-21(12-9-19)32-18-24(30)20-10-13-22-23(16-20)28(4)25(31)27(22)3/h8-13,16,24,26,30H,5-7,14-15,17-18H2,1-4H3. The Morgan fingerprint density at radius 1 is 1.03 bits per heavy atom. The lowest BCUT2D eigenvalue weighted by Gasteiger charge is -2.17. The van der Waals surface area contributed by atoms with Crippen LogP contribution in [0.15, 0.2) is 47.3 Å². The van der Waals surface area contributed by atoms with Crippen molar-refractivity contribution in [3.05, 3.63) is 64.1 Å². The number of benzene rings is 2. The average molecular weight is 441 g/mol. The van der Waals surface area contributed by atoms with Gasteiger partial charge in [0, 0.05) is 20.6 Å². The quantitative estimate of drug-likeness (QED) is 0.424. The third kappa shape index (κ3) is 5.79. The number of ether oxygens (including phenoxy) is 1. The molecule has 0 aliphatic heterocycles. The van der Waals surface area contributed by atoms with Crippen molar-refractivity contribution in [1.29, 1.82) is 0 Å². The summed E-state index contributed by atoms with van der Waals surface area (Å²) in [5, 5.41) is 14.1. The Bertz CT molecular complexity index is 1050. The van der Waals surface area contributed by atoms with Crippen LogP contribution in [0.2, 0.25) is 0 Å². The van der Waals surface area contributed by atoms with Crippen molar-refractivity contribution in [2.24, 2.45) is 14.1 Å². The zero-order chi connectivity index (χ0) is 23.1. The largest absolute Gasteiger partial charge is 0.491 e. The summed E-state index contributed by atoms with van der Waals surface area (Å²) in [5.74, 6) is 0.725. The third-order valence-corrected chi connectivity index (χ3v) is 6.06. The van der Waals surface area contributed by atoms with Crippen molar-refractivity contribution >= 4 is 11.0 Å². The number of aliphatic hydroxyl groups is 1. The molecule has 32 heavy (non-hydrogen) atoms. The summed E-state index contributed by atoms with van der Waals surface area (Å²) < 4.78 is 8.98. The second-order valence-corrected chi connectivity index (χ2v) is 8.18. The molecule has 7 heteroatoms. The van der Waals surface area contributed by atoms with E-state index in [1.807, 2.05) is 42.5 Å². The van der Waals surface area contributed by atoms with Gasteiger partial charge in [-0.15, -0.1) is 0 Å². The van der Waals surface area contributed by atoms with Crippen LogP contribution in [0.3, 0.4) is 0 Å². The van der Waals surface area contributed by atoms with Crippen LogP contribution in [0.4, 0.5) is 0 Å². The van der Waals surface area contributed by atoms with E-state index in [4.69, 9.17) is 4.74 Å². The molecule has 0 aliphatic carbocycles. The second-order valence-electron chi connectivity index (χ2n) is 8.18. The third-order valence-electron chi connectivity index (χ3n) is 6.06. The fourth-order valence-electron chi connectivity index (χ4n) is 3.91. The summed E-state index contributed by atoms with van der Waals surface area (Å²) in [5.41, 5.74) is 3.48. The predicted molar refractivity (Wildman–Crippen MR) is 129 cm³/mol. The second kappa shape index (κ2) is 11.3. The molecule has 0 bridgehead atoms. The maximum atomic E-state index is 12.1. The van der Waals surface area contributed by atoms with Gasteiger partial charge < -0.3 is 20.1 Å². The smallest absolute Gasteiger partial charge is 0.328 e. The Labute approximate surface area is 190 Å². The summed E-state index contributed by atoms with van der Waals surface area (Å²) in [6.07, 6.45) is 0.366. The SMILES string of the molecule is CCN(CC)CCCNCc1ccc(OCC(O)c2ccc3c(c2)n(C)c(=O)n3C)cc1. The van der Waals surface area contributed by atoms with Crippen LogP contribution in [0.25, 0.3) is 11.0 Å². The van der Waals surface area contributed by atoms with Gasteiger partial charge >= 0.3 is 5.69 Å². The number of nitrogens with one attached hydrogen (secondary N) is 1. The first-order valence-electron chi connectivity index (χ1n) is 11.4. The Kier molecular flexibility index (Phi) is 8.50. The van der Waals surface area contributed by atoms with Crippen LogP contribution in [0.1, 0.15) is 37.5 Å². The lowest BCUT2D eigenvalue weighted by molar-refractivity contribution is 0.108. The van der Waals surface area contributed by atoms with E-state index in [1.54, 1.807) is 23.2 Å². The number of imidazole rings is 1. The summed E-state index contributed by atoms with van der Waals surface area (Å²) >= 11 is 0. The molecule has 1 heterocycles. The molecule has 0 saturated carbocycles. The van der Waals surface area contributed by atoms with Gasteiger partial charge in [-0.25, -0.2) is 4.79 Å². The van der Waals surface area contributed by atoms with Crippen molar-refractivity contribution in [2.45, 2.75) is 32.9 Å². The van der Waals surface area contributed by atoms with Crippen LogP contribution in [-0.2, 0) is 20.6 Å². The van der Waals surface area contributed by atoms with Gasteiger partial charge in [0.2, 0.25) is 0 Å². The molecule has 3 aromatic rings. The highest BCUT2D eigenvalue weighted by atomic mass is 16.5. The number of hydrogen-bond acceptors (Lipinski definition) is 5. The molecule has 1 aromatic heterocycles. The van der Waals surface area contributed by atoms with Gasteiger partial charge in [-0.1, -0.05) is 32.0 Å². The van der Waals surface area contributed by atoms with Gasteiger partial charge in [-0.05, 0) is 68.0 Å². The predicted octanol–water partition coefficient (Wildman–Crippen LogP) is 2.81. The van der Waals surface area contributed by atoms with E-state index in [2.05, 4.69) is 24.1 Å². The van der Waals surface area contributed by atoms with Crippen molar-refractivity contribution in [1.82, 2.24) is 19.4 Å². The Morgan fingerprint density at radius 2 is 1.72 bits per heavy atom. The van der Waals surface area contributed by atoms with Crippen LogP contribution >= 0.6 is 0 Å².